The Balaban J connectivity index is 2.13. The van der Waals surface area contributed by atoms with Gasteiger partial charge in [0, 0.05) is 31.5 Å². The summed E-state index contributed by atoms with van der Waals surface area (Å²) in [5.74, 6) is -0.198. The average molecular weight is 272 g/mol. The molecule has 0 aliphatic carbocycles. The van der Waals surface area contributed by atoms with Crippen molar-refractivity contribution in [3.63, 3.8) is 0 Å². The Morgan fingerprint density at radius 3 is 2.25 bits per heavy atom. The fourth-order valence-corrected chi connectivity index (χ4v) is 2.17. The number of nitrogens with zero attached hydrogens (tertiary/aromatic N) is 1. The maximum Gasteiger partial charge on any atom is 0.123 e. The Morgan fingerprint density at radius 2 is 1.70 bits per heavy atom. The zero-order valence-electron chi connectivity index (χ0n) is 12.4. The zero-order valence-corrected chi connectivity index (χ0v) is 12.4. The van der Waals surface area contributed by atoms with Gasteiger partial charge in [0.25, 0.3) is 0 Å². The van der Waals surface area contributed by atoms with Gasteiger partial charge in [-0.3, -0.25) is 0 Å². The Bertz CT molecular complexity index is 576. The second-order valence-corrected chi connectivity index (χ2v) is 5.31. The van der Waals surface area contributed by atoms with Gasteiger partial charge in [0.15, 0.2) is 0 Å². The first kappa shape index (κ1) is 14.4. The van der Waals surface area contributed by atoms with Crippen molar-refractivity contribution in [3.8, 4) is 0 Å². The highest BCUT2D eigenvalue weighted by molar-refractivity contribution is 5.53. The summed E-state index contributed by atoms with van der Waals surface area (Å²) in [6.07, 6.45) is 0. The number of hydrogen-bond acceptors (Lipinski definition) is 2. The lowest BCUT2D eigenvalue weighted by molar-refractivity contribution is 0.626. The van der Waals surface area contributed by atoms with E-state index in [1.165, 1.54) is 17.3 Å². The highest BCUT2D eigenvalue weighted by Gasteiger charge is 2.08. The van der Waals surface area contributed by atoms with Crippen molar-refractivity contribution in [2.45, 2.75) is 19.9 Å². The molecule has 0 radical (unpaired) electrons. The van der Waals surface area contributed by atoms with Crippen molar-refractivity contribution in [1.82, 2.24) is 0 Å². The van der Waals surface area contributed by atoms with Gasteiger partial charge < -0.3 is 10.2 Å². The molecule has 106 valence electrons. The van der Waals surface area contributed by atoms with E-state index in [0.717, 1.165) is 11.3 Å². The third-order valence-electron chi connectivity index (χ3n) is 3.47. The lowest BCUT2D eigenvalue weighted by atomic mass is 10.1. The molecule has 0 fully saturated rings. The molecule has 1 atom stereocenters. The molecule has 2 nitrogen and oxygen atoms in total. The summed E-state index contributed by atoms with van der Waals surface area (Å²) in [4.78, 5) is 2.08. The number of halogens is 1. The van der Waals surface area contributed by atoms with E-state index in [1.807, 2.05) is 21.0 Å². The van der Waals surface area contributed by atoms with E-state index in [1.54, 1.807) is 12.1 Å². The second kappa shape index (κ2) is 5.95. The lowest BCUT2D eigenvalue weighted by Crippen LogP contribution is -2.10. The predicted octanol–water partition coefficient (Wildman–Crippen LogP) is 4.37. The van der Waals surface area contributed by atoms with E-state index >= 15 is 0 Å². The molecule has 0 aliphatic rings. The monoisotopic (exact) mass is 272 g/mol. The molecular formula is C17H21FN2. The molecular weight excluding hydrogens is 251 g/mol. The van der Waals surface area contributed by atoms with Gasteiger partial charge in [-0.2, -0.15) is 0 Å². The maximum atomic E-state index is 13.1. The summed E-state index contributed by atoms with van der Waals surface area (Å²) in [5.41, 5.74) is 4.27. The molecule has 1 unspecified atom stereocenters. The van der Waals surface area contributed by atoms with Crippen LogP contribution in [0.15, 0.2) is 42.5 Å². The molecule has 0 amide bonds. The summed E-state index contributed by atoms with van der Waals surface area (Å²) in [6, 6.07) is 13.4. The van der Waals surface area contributed by atoms with Crippen molar-refractivity contribution < 1.29 is 4.39 Å². The summed E-state index contributed by atoms with van der Waals surface area (Å²) >= 11 is 0. The summed E-state index contributed by atoms with van der Waals surface area (Å²) < 4.78 is 13.1. The number of benzene rings is 2. The van der Waals surface area contributed by atoms with Crippen LogP contribution in [0.2, 0.25) is 0 Å². The van der Waals surface area contributed by atoms with E-state index in [4.69, 9.17) is 0 Å². The number of anilines is 2. The Morgan fingerprint density at radius 1 is 1.05 bits per heavy atom. The van der Waals surface area contributed by atoms with Gasteiger partial charge in [0.05, 0.1) is 0 Å². The lowest BCUT2D eigenvalue weighted by Gasteiger charge is -2.19. The molecule has 2 aromatic rings. The minimum absolute atomic E-state index is 0.176. The first-order valence-corrected chi connectivity index (χ1v) is 6.77. The van der Waals surface area contributed by atoms with Crippen molar-refractivity contribution >= 4 is 11.4 Å². The minimum Gasteiger partial charge on any atom is -0.378 e. The van der Waals surface area contributed by atoms with Crippen LogP contribution in [-0.2, 0) is 0 Å². The summed E-state index contributed by atoms with van der Waals surface area (Å²) in [7, 11) is 4.05. The Kier molecular flexibility index (Phi) is 4.28. The topological polar surface area (TPSA) is 15.3 Å². The van der Waals surface area contributed by atoms with Crippen LogP contribution in [0.5, 0.6) is 0 Å². The molecule has 0 saturated carbocycles. The van der Waals surface area contributed by atoms with E-state index in [0.29, 0.717) is 0 Å². The molecule has 2 aromatic carbocycles. The standard InChI is InChI=1S/C17H21FN2/c1-12-11-15(18)7-10-17(12)19-13(2)14-5-8-16(9-6-14)20(3)4/h5-11,13,19H,1-4H3. The highest BCUT2D eigenvalue weighted by atomic mass is 19.1. The molecule has 1 N–H and O–H groups in total. The van der Waals surface area contributed by atoms with E-state index in [-0.39, 0.29) is 11.9 Å². The quantitative estimate of drug-likeness (QED) is 0.889. The van der Waals surface area contributed by atoms with Crippen molar-refractivity contribution in [2.24, 2.45) is 0 Å². The molecule has 0 aromatic heterocycles. The SMILES string of the molecule is Cc1cc(F)ccc1NC(C)c1ccc(N(C)C)cc1. The third kappa shape index (κ3) is 3.29. The Hall–Kier alpha value is -2.03. The fraction of sp³-hybridized carbons (Fsp3) is 0.294. The van der Waals surface area contributed by atoms with Gasteiger partial charge >= 0.3 is 0 Å². The highest BCUT2D eigenvalue weighted by Crippen LogP contribution is 2.24. The number of aryl methyl sites for hydroxylation is 1. The largest absolute Gasteiger partial charge is 0.378 e. The van der Waals surface area contributed by atoms with E-state index in [9.17, 15) is 4.39 Å². The molecule has 0 bridgehead atoms. The third-order valence-corrected chi connectivity index (χ3v) is 3.47. The van der Waals surface area contributed by atoms with Gasteiger partial charge in [-0.25, -0.2) is 4.39 Å². The first-order valence-electron chi connectivity index (χ1n) is 6.77. The maximum absolute atomic E-state index is 13.1. The summed E-state index contributed by atoms with van der Waals surface area (Å²) in [5, 5.41) is 3.42. The van der Waals surface area contributed by atoms with Crippen LogP contribution in [0.25, 0.3) is 0 Å². The van der Waals surface area contributed by atoms with Crippen molar-refractivity contribution in [2.75, 3.05) is 24.3 Å². The second-order valence-electron chi connectivity index (χ2n) is 5.31. The van der Waals surface area contributed by atoms with Gasteiger partial charge in [0.1, 0.15) is 5.82 Å². The van der Waals surface area contributed by atoms with Crippen LogP contribution in [-0.4, -0.2) is 14.1 Å². The number of rotatable bonds is 4. The minimum atomic E-state index is -0.198. The van der Waals surface area contributed by atoms with Crippen LogP contribution in [0.4, 0.5) is 15.8 Å². The molecule has 20 heavy (non-hydrogen) atoms. The predicted molar refractivity (Wildman–Crippen MR) is 83.9 cm³/mol. The number of nitrogens with one attached hydrogen (secondary N) is 1. The van der Waals surface area contributed by atoms with Crippen molar-refractivity contribution in [1.29, 1.82) is 0 Å². The molecule has 0 heterocycles. The molecule has 3 heteroatoms. The van der Waals surface area contributed by atoms with Crippen LogP contribution in [0, 0.1) is 12.7 Å². The van der Waals surface area contributed by atoms with Crippen LogP contribution in [0.1, 0.15) is 24.1 Å². The Labute approximate surface area is 120 Å². The molecule has 0 saturated heterocycles. The fourth-order valence-electron chi connectivity index (χ4n) is 2.17. The summed E-state index contributed by atoms with van der Waals surface area (Å²) in [6.45, 7) is 4.01. The molecule has 2 rings (SSSR count). The van der Waals surface area contributed by atoms with Gasteiger partial charge in [-0.1, -0.05) is 12.1 Å². The molecule has 0 aliphatic heterocycles. The zero-order chi connectivity index (χ0) is 14.7. The van der Waals surface area contributed by atoms with Crippen molar-refractivity contribution in [3.05, 3.63) is 59.4 Å². The average Bonchev–Trinajstić information content (AvgIpc) is 2.42. The number of hydrogen-bond donors (Lipinski definition) is 1. The van der Waals surface area contributed by atoms with Crippen LogP contribution < -0.4 is 10.2 Å². The van der Waals surface area contributed by atoms with Gasteiger partial charge in [-0.15, -0.1) is 0 Å². The van der Waals surface area contributed by atoms with Crippen LogP contribution >= 0.6 is 0 Å². The molecule has 0 spiro atoms. The van der Waals surface area contributed by atoms with Crippen LogP contribution in [0.3, 0.4) is 0 Å². The van der Waals surface area contributed by atoms with E-state index in [2.05, 4.69) is 41.4 Å². The normalized spacial score (nSPS) is 12.1. The van der Waals surface area contributed by atoms with Gasteiger partial charge in [-0.05, 0) is 55.3 Å². The first-order chi connectivity index (χ1) is 9.47. The smallest absolute Gasteiger partial charge is 0.123 e. The van der Waals surface area contributed by atoms with Gasteiger partial charge in [0.2, 0.25) is 0 Å². The van der Waals surface area contributed by atoms with E-state index < -0.39 is 0 Å².